The van der Waals surface area contributed by atoms with Gasteiger partial charge >= 0.3 is 0 Å². The van der Waals surface area contributed by atoms with Gasteiger partial charge in [0.15, 0.2) is 0 Å². The van der Waals surface area contributed by atoms with Gasteiger partial charge in [-0.05, 0) is 39.7 Å². The average molecular weight is 343 g/mol. The van der Waals surface area contributed by atoms with Gasteiger partial charge in [-0.1, -0.05) is 6.92 Å². The number of carbonyl (C=O) groups excluding carboxylic acids is 1. The Balaban J connectivity index is 1.97. The van der Waals surface area contributed by atoms with Crippen molar-refractivity contribution in [2.45, 2.75) is 47.1 Å². The molecule has 126 valence electrons. The molecule has 1 unspecified atom stereocenters. The molecular formula is C17H21N5OS. The van der Waals surface area contributed by atoms with Crippen LogP contribution in [0, 0.1) is 20.8 Å². The molecule has 6 nitrogen and oxygen atoms in total. The van der Waals surface area contributed by atoms with Gasteiger partial charge in [-0.3, -0.25) is 4.79 Å². The summed E-state index contributed by atoms with van der Waals surface area (Å²) in [7, 11) is 0. The van der Waals surface area contributed by atoms with Crippen LogP contribution in [0.4, 0.5) is 5.82 Å². The number of thiophene rings is 1. The van der Waals surface area contributed by atoms with Crippen LogP contribution < -0.4 is 5.32 Å². The molecule has 0 saturated carbocycles. The molecule has 1 N–H and O–H groups in total. The van der Waals surface area contributed by atoms with Gasteiger partial charge in [0, 0.05) is 17.1 Å². The number of nitrogens with zero attached hydrogens (tertiary/aromatic N) is 4. The third-order valence-corrected chi connectivity index (χ3v) is 5.39. The lowest BCUT2D eigenvalue weighted by molar-refractivity contribution is 0.102. The van der Waals surface area contributed by atoms with Gasteiger partial charge in [0.25, 0.3) is 5.91 Å². The summed E-state index contributed by atoms with van der Waals surface area (Å²) in [6.45, 7) is 9.95. The highest BCUT2D eigenvalue weighted by atomic mass is 32.1. The Morgan fingerprint density at radius 2 is 2.08 bits per heavy atom. The van der Waals surface area contributed by atoms with Crippen LogP contribution in [0.3, 0.4) is 0 Å². The molecule has 3 aromatic rings. The highest BCUT2D eigenvalue weighted by Gasteiger charge is 2.20. The number of aryl methyl sites for hydroxylation is 3. The van der Waals surface area contributed by atoms with Gasteiger partial charge in [-0.15, -0.1) is 11.3 Å². The van der Waals surface area contributed by atoms with E-state index in [9.17, 15) is 4.79 Å². The second-order valence-electron chi connectivity index (χ2n) is 5.96. The molecule has 0 aromatic carbocycles. The molecule has 0 fully saturated rings. The van der Waals surface area contributed by atoms with Crippen molar-refractivity contribution in [3.8, 4) is 0 Å². The van der Waals surface area contributed by atoms with Gasteiger partial charge in [0.05, 0.1) is 17.1 Å². The van der Waals surface area contributed by atoms with Gasteiger partial charge in [0.1, 0.15) is 16.5 Å². The molecule has 0 spiro atoms. The summed E-state index contributed by atoms with van der Waals surface area (Å²) in [4.78, 5) is 23.2. The highest BCUT2D eigenvalue weighted by molar-refractivity contribution is 7.20. The Morgan fingerprint density at radius 1 is 1.33 bits per heavy atom. The summed E-state index contributed by atoms with van der Waals surface area (Å²) in [6.07, 6.45) is 2.65. The number of carbonyl (C=O) groups is 1. The van der Waals surface area contributed by atoms with E-state index in [1.165, 1.54) is 11.3 Å². The zero-order valence-corrected chi connectivity index (χ0v) is 15.4. The molecule has 1 atom stereocenters. The number of anilines is 1. The van der Waals surface area contributed by atoms with E-state index in [4.69, 9.17) is 0 Å². The molecule has 0 aliphatic carbocycles. The number of hydrogen-bond donors (Lipinski definition) is 1. The lowest BCUT2D eigenvalue weighted by Gasteiger charge is -2.14. The van der Waals surface area contributed by atoms with E-state index < -0.39 is 0 Å². The summed E-state index contributed by atoms with van der Waals surface area (Å²) in [5.74, 6) is 1.31. The zero-order valence-electron chi connectivity index (χ0n) is 14.5. The Labute approximate surface area is 144 Å². The van der Waals surface area contributed by atoms with Crippen LogP contribution in [0.25, 0.3) is 10.2 Å². The molecule has 1 amide bonds. The summed E-state index contributed by atoms with van der Waals surface area (Å²) in [6, 6.07) is 2.05. The molecule has 3 aromatic heterocycles. The Kier molecular flexibility index (Phi) is 4.36. The molecule has 3 heterocycles. The molecule has 0 radical (unpaired) electrons. The van der Waals surface area contributed by atoms with Gasteiger partial charge in [-0.25, -0.2) is 14.6 Å². The first-order valence-electron chi connectivity index (χ1n) is 8.01. The molecule has 24 heavy (non-hydrogen) atoms. The first-order valence-corrected chi connectivity index (χ1v) is 8.83. The monoisotopic (exact) mass is 343 g/mol. The quantitative estimate of drug-likeness (QED) is 0.776. The van der Waals surface area contributed by atoms with Crippen molar-refractivity contribution < 1.29 is 4.79 Å². The molecule has 0 aliphatic rings. The minimum absolute atomic E-state index is 0.127. The van der Waals surface area contributed by atoms with Crippen molar-refractivity contribution in [1.82, 2.24) is 19.7 Å². The fraction of sp³-hybridized carbons (Fsp3) is 0.412. The number of rotatable bonds is 4. The number of amides is 1. The maximum atomic E-state index is 12.8. The second kappa shape index (κ2) is 6.32. The predicted octanol–water partition coefficient (Wildman–Crippen LogP) is 4.04. The molecule has 0 bridgehead atoms. The van der Waals surface area contributed by atoms with E-state index in [0.29, 0.717) is 10.7 Å². The Morgan fingerprint density at radius 3 is 2.79 bits per heavy atom. The van der Waals surface area contributed by atoms with Crippen molar-refractivity contribution in [2.24, 2.45) is 0 Å². The summed E-state index contributed by atoms with van der Waals surface area (Å²) in [5, 5.41) is 8.27. The average Bonchev–Trinajstić information content (AvgIpc) is 3.11. The fourth-order valence-electron chi connectivity index (χ4n) is 2.80. The Bertz CT molecular complexity index is 911. The van der Waals surface area contributed by atoms with Crippen molar-refractivity contribution >= 4 is 33.3 Å². The van der Waals surface area contributed by atoms with E-state index in [0.717, 1.165) is 33.7 Å². The molecular weight excluding hydrogens is 322 g/mol. The smallest absolute Gasteiger partial charge is 0.267 e. The topological polar surface area (TPSA) is 72.7 Å². The van der Waals surface area contributed by atoms with Crippen molar-refractivity contribution in [3.05, 3.63) is 34.2 Å². The van der Waals surface area contributed by atoms with Crippen LogP contribution in [-0.4, -0.2) is 25.7 Å². The summed E-state index contributed by atoms with van der Waals surface area (Å²) < 4.78 is 1.84. The first-order chi connectivity index (χ1) is 11.4. The number of fused-ring (bicyclic) bond motifs is 1. The molecule has 0 aliphatic heterocycles. The SMILES string of the molecule is CCC(C)n1nccc1NC(=O)c1sc2nc(C)nc(C)c2c1C. The van der Waals surface area contributed by atoms with Crippen LogP contribution in [0.2, 0.25) is 0 Å². The third-order valence-electron chi connectivity index (χ3n) is 4.21. The third kappa shape index (κ3) is 2.80. The minimum Gasteiger partial charge on any atom is -0.306 e. The minimum atomic E-state index is -0.127. The van der Waals surface area contributed by atoms with Crippen molar-refractivity contribution in [1.29, 1.82) is 0 Å². The standard InChI is InChI=1S/C17H21N5OS/c1-6-9(2)22-13(7-8-18-22)21-16(23)15-10(3)14-11(4)19-12(5)20-17(14)24-15/h7-9H,6H2,1-5H3,(H,21,23). The lowest BCUT2D eigenvalue weighted by atomic mass is 10.1. The maximum Gasteiger partial charge on any atom is 0.267 e. The van der Waals surface area contributed by atoms with Crippen LogP contribution in [-0.2, 0) is 0 Å². The fourth-order valence-corrected chi connectivity index (χ4v) is 3.97. The number of aromatic nitrogens is 4. The second-order valence-corrected chi connectivity index (χ2v) is 6.96. The molecule has 0 saturated heterocycles. The van der Waals surface area contributed by atoms with Crippen LogP contribution in [0.5, 0.6) is 0 Å². The lowest BCUT2D eigenvalue weighted by Crippen LogP contribution is -2.17. The first kappa shape index (κ1) is 16.6. The van der Waals surface area contributed by atoms with Crippen molar-refractivity contribution in [2.75, 3.05) is 5.32 Å². The van der Waals surface area contributed by atoms with Crippen LogP contribution in [0.15, 0.2) is 12.3 Å². The summed E-state index contributed by atoms with van der Waals surface area (Å²) >= 11 is 1.41. The summed E-state index contributed by atoms with van der Waals surface area (Å²) in [5.41, 5.74) is 1.84. The van der Waals surface area contributed by atoms with Crippen molar-refractivity contribution in [3.63, 3.8) is 0 Å². The highest BCUT2D eigenvalue weighted by Crippen LogP contribution is 2.31. The molecule has 7 heteroatoms. The van der Waals surface area contributed by atoms with E-state index >= 15 is 0 Å². The zero-order chi connectivity index (χ0) is 17.4. The molecule has 3 rings (SSSR count). The number of nitrogens with one attached hydrogen (secondary N) is 1. The predicted molar refractivity (Wildman–Crippen MR) is 96.8 cm³/mol. The van der Waals surface area contributed by atoms with Crippen LogP contribution >= 0.6 is 11.3 Å². The van der Waals surface area contributed by atoms with Gasteiger partial charge < -0.3 is 5.32 Å². The van der Waals surface area contributed by atoms with E-state index in [-0.39, 0.29) is 11.9 Å². The van der Waals surface area contributed by atoms with Crippen LogP contribution in [0.1, 0.15) is 53.1 Å². The van der Waals surface area contributed by atoms with E-state index in [1.54, 1.807) is 6.20 Å². The van der Waals surface area contributed by atoms with E-state index in [2.05, 4.69) is 34.2 Å². The van der Waals surface area contributed by atoms with Gasteiger partial charge in [0.2, 0.25) is 0 Å². The maximum absolute atomic E-state index is 12.8. The normalized spacial score (nSPS) is 12.5. The Hall–Kier alpha value is -2.28. The van der Waals surface area contributed by atoms with E-state index in [1.807, 2.05) is 31.5 Å². The largest absolute Gasteiger partial charge is 0.306 e. The van der Waals surface area contributed by atoms with Gasteiger partial charge in [-0.2, -0.15) is 5.10 Å². The number of hydrogen-bond acceptors (Lipinski definition) is 5.